The largest absolute Gasteiger partial charge is 0.573 e. The van der Waals surface area contributed by atoms with E-state index in [0.717, 1.165) is 12.1 Å². The molecule has 0 saturated heterocycles. The average Bonchev–Trinajstić information content (AvgIpc) is 2.81. The van der Waals surface area contributed by atoms with Crippen molar-refractivity contribution in [2.24, 2.45) is 5.73 Å². The topological polar surface area (TPSA) is 128 Å². The number of aromatic nitrogens is 2. The Hall–Kier alpha value is -4.87. The molecule has 0 aliphatic rings. The van der Waals surface area contributed by atoms with Gasteiger partial charge < -0.3 is 25.8 Å². The number of rotatable bonds is 7. The summed E-state index contributed by atoms with van der Waals surface area (Å²) < 4.78 is 47.4. The molecule has 37 heavy (non-hydrogen) atoms. The van der Waals surface area contributed by atoms with E-state index in [0.29, 0.717) is 39.3 Å². The van der Waals surface area contributed by atoms with Crippen LogP contribution in [0.2, 0.25) is 0 Å². The Morgan fingerprint density at radius 1 is 0.973 bits per heavy atom. The van der Waals surface area contributed by atoms with Crippen molar-refractivity contribution in [3.63, 3.8) is 0 Å². The zero-order chi connectivity index (χ0) is 26.6. The van der Waals surface area contributed by atoms with Gasteiger partial charge in [-0.25, -0.2) is 4.79 Å². The van der Waals surface area contributed by atoms with E-state index < -0.39 is 24.1 Å². The first-order valence-electron chi connectivity index (χ1n) is 10.8. The predicted octanol–water partition coefficient (Wildman–Crippen LogP) is 5.30. The van der Waals surface area contributed by atoms with Crippen LogP contribution >= 0.6 is 0 Å². The van der Waals surface area contributed by atoms with Gasteiger partial charge in [0.15, 0.2) is 11.5 Å². The quantitative estimate of drug-likeness (QED) is 0.309. The van der Waals surface area contributed by atoms with Crippen LogP contribution < -0.4 is 25.8 Å². The van der Waals surface area contributed by atoms with Crippen LogP contribution in [0.5, 0.6) is 17.2 Å². The van der Waals surface area contributed by atoms with Crippen molar-refractivity contribution in [1.82, 2.24) is 9.97 Å². The van der Waals surface area contributed by atoms with E-state index in [9.17, 15) is 22.8 Å². The average molecular weight is 511 g/mol. The number of anilines is 2. The smallest absolute Gasteiger partial charge is 0.453 e. The molecular formula is C25H20F3N5O4. The fraction of sp³-hybridized carbons (Fsp3) is 0.120. The van der Waals surface area contributed by atoms with Gasteiger partial charge in [0.2, 0.25) is 5.91 Å². The number of primary amides is 1. The third-order valence-corrected chi connectivity index (χ3v) is 5.07. The number of alkyl halides is 3. The molecule has 0 aliphatic carbocycles. The lowest BCUT2D eigenvalue weighted by molar-refractivity contribution is -0.274. The maximum absolute atomic E-state index is 12.7. The number of aryl methyl sites for hydroxylation is 1. The molecular weight excluding hydrogens is 491 g/mol. The summed E-state index contributed by atoms with van der Waals surface area (Å²) in [4.78, 5) is 32.6. The number of amides is 3. The zero-order valence-electron chi connectivity index (χ0n) is 19.3. The van der Waals surface area contributed by atoms with Gasteiger partial charge in [-0.15, -0.1) is 13.2 Å². The highest BCUT2D eigenvalue weighted by Crippen LogP contribution is 2.36. The van der Waals surface area contributed by atoms with Gasteiger partial charge >= 0.3 is 12.4 Å². The van der Waals surface area contributed by atoms with Crippen LogP contribution in [0.3, 0.4) is 0 Å². The number of halogens is 3. The highest BCUT2D eigenvalue weighted by atomic mass is 19.4. The van der Waals surface area contributed by atoms with Gasteiger partial charge in [0, 0.05) is 23.8 Å². The molecule has 2 aromatic carbocycles. The molecule has 4 N–H and O–H groups in total. The number of fused-ring (bicyclic) bond motifs is 1. The number of hydrogen-bond donors (Lipinski definition) is 3. The van der Waals surface area contributed by atoms with E-state index in [1.165, 1.54) is 18.3 Å². The number of nitrogens with one attached hydrogen (secondary N) is 2. The van der Waals surface area contributed by atoms with Crippen molar-refractivity contribution in [3.8, 4) is 17.2 Å². The van der Waals surface area contributed by atoms with Crippen molar-refractivity contribution in [2.75, 3.05) is 10.6 Å². The highest BCUT2D eigenvalue weighted by molar-refractivity contribution is 6.03. The second kappa shape index (κ2) is 10.4. The summed E-state index contributed by atoms with van der Waals surface area (Å²) in [5, 5.41) is 5.80. The van der Waals surface area contributed by atoms with Crippen molar-refractivity contribution < 1.29 is 32.2 Å². The summed E-state index contributed by atoms with van der Waals surface area (Å²) in [6.07, 6.45) is -1.96. The van der Waals surface area contributed by atoms with Crippen LogP contribution in [0.4, 0.5) is 29.3 Å². The Kier molecular flexibility index (Phi) is 7.09. The van der Waals surface area contributed by atoms with Crippen molar-refractivity contribution >= 4 is 34.2 Å². The monoisotopic (exact) mass is 511 g/mol. The minimum Gasteiger partial charge on any atom is -0.453 e. The van der Waals surface area contributed by atoms with Gasteiger partial charge in [-0.1, -0.05) is 12.1 Å². The lowest BCUT2D eigenvalue weighted by Crippen LogP contribution is -2.20. The van der Waals surface area contributed by atoms with Gasteiger partial charge in [0.1, 0.15) is 17.0 Å². The van der Waals surface area contributed by atoms with Crippen LogP contribution in [-0.4, -0.2) is 28.3 Å². The zero-order valence-corrected chi connectivity index (χ0v) is 19.3. The molecule has 12 heteroatoms. The van der Waals surface area contributed by atoms with Crippen LogP contribution in [0.15, 0.2) is 67.0 Å². The van der Waals surface area contributed by atoms with Gasteiger partial charge in [0.25, 0.3) is 0 Å². The molecule has 2 heterocycles. The molecule has 4 aromatic rings. The third-order valence-electron chi connectivity index (χ3n) is 5.07. The first kappa shape index (κ1) is 25.2. The minimum absolute atomic E-state index is 0.187. The Balaban J connectivity index is 1.57. The SMILES string of the molecule is Cc1nccc(Oc2ccc(NC(=O)Cc3cccc(OC(F)(F)F)c3)c3cccnc23)c1NC(N)=O. The van der Waals surface area contributed by atoms with Crippen molar-refractivity contribution in [1.29, 1.82) is 0 Å². The van der Waals surface area contributed by atoms with E-state index in [1.807, 2.05) is 0 Å². The number of ether oxygens (including phenoxy) is 2. The number of hydrogen-bond acceptors (Lipinski definition) is 6. The number of carbonyl (C=O) groups is 2. The molecule has 0 radical (unpaired) electrons. The summed E-state index contributed by atoms with van der Waals surface area (Å²) in [6, 6.07) is 12.6. The summed E-state index contributed by atoms with van der Waals surface area (Å²) >= 11 is 0. The van der Waals surface area contributed by atoms with Crippen LogP contribution in [0.1, 0.15) is 11.3 Å². The number of pyridine rings is 2. The molecule has 0 fully saturated rings. The molecule has 0 bridgehead atoms. The maximum atomic E-state index is 12.7. The summed E-state index contributed by atoms with van der Waals surface area (Å²) in [7, 11) is 0. The Morgan fingerprint density at radius 3 is 2.54 bits per heavy atom. The standard InChI is InChI=1S/C25H20F3N5O4/c1-14-22(33-24(29)35)20(9-11-30-14)36-19-8-7-18(17-6-3-10-31-23(17)19)32-21(34)13-15-4-2-5-16(12-15)37-25(26,27)28/h2-12H,13H2,1H3,(H,32,34)(H3,29,33,35). The lowest BCUT2D eigenvalue weighted by atomic mass is 10.1. The van der Waals surface area contributed by atoms with Crippen LogP contribution in [0.25, 0.3) is 10.9 Å². The lowest BCUT2D eigenvalue weighted by Gasteiger charge is -2.15. The Morgan fingerprint density at radius 2 is 1.78 bits per heavy atom. The number of carbonyl (C=O) groups excluding carboxylic acids is 2. The first-order valence-corrected chi connectivity index (χ1v) is 10.8. The van der Waals surface area contributed by atoms with Gasteiger partial charge in [-0.3, -0.25) is 14.8 Å². The Labute approximate surface area is 208 Å². The van der Waals surface area contributed by atoms with Crippen LogP contribution in [-0.2, 0) is 11.2 Å². The van der Waals surface area contributed by atoms with Crippen molar-refractivity contribution in [2.45, 2.75) is 19.7 Å². The van der Waals surface area contributed by atoms with E-state index in [4.69, 9.17) is 10.5 Å². The molecule has 0 saturated carbocycles. The Bertz CT molecular complexity index is 1480. The van der Waals surface area contributed by atoms with Gasteiger partial charge in [-0.2, -0.15) is 0 Å². The van der Waals surface area contributed by atoms with E-state index in [2.05, 4.69) is 25.3 Å². The minimum atomic E-state index is -4.83. The number of nitrogens with zero attached hydrogens (tertiary/aromatic N) is 2. The van der Waals surface area contributed by atoms with Gasteiger partial charge in [0.05, 0.1) is 17.8 Å². The number of urea groups is 1. The number of nitrogens with two attached hydrogens (primary N) is 1. The van der Waals surface area contributed by atoms with E-state index in [1.54, 1.807) is 43.5 Å². The molecule has 2 aromatic heterocycles. The number of benzene rings is 2. The first-order chi connectivity index (χ1) is 17.6. The van der Waals surface area contributed by atoms with E-state index in [-0.39, 0.29) is 12.2 Å². The third kappa shape index (κ3) is 6.42. The second-order valence-corrected chi connectivity index (χ2v) is 7.79. The predicted molar refractivity (Wildman–Crippen MR) is 129 cm³/mol. The summed E-state index contributed by atoms with van der Waals surface area (Å²) in [6.45, 7) is 1.68. The molecule has 3 amide bonds. The molecule has 0 unspecified atom stereocenters. The molecule has 190 valence electrons. The molecule has 0 spiro atoms. The molecule has 9 nitrogen and oxygen atoms in total. The summed E-state index contributed by atoms with van der Waals surface area (Å²) in [5.41, 5.74) is 7.22. The van der Waals surface area contributed by atoms with Gasteiger partial charge in [-0.05, 0) is 48.9 Å². The summed E-state index contributed by atoms with van der Waals surface area (Å²) in [5.74, 6) is -0.245. The second-order valence-electron chi connectivity index (χ2n) is 7.79. The fourth-order valence-electron chi connectivity index (χ4n) is 3.59. The van der Waals surface area contributed by atoms with Crippen LogP contribution in [0, 0.1) is 6.92 Å². The normalized spacial score (nSPS) is 11.1. The van der Waals surface area contributed by atoms with E-state index >= 15 is 0 Å². The van der Waals surface area contributed by atoms with Crippen molar-refractivity contribution in [3.05, 3.63) is 78.2 Å². The fourth-order valence-corrected chi connectivity index (χ4v) is 3.59. The maximum Gasteiger partial charge on any atom is 0.573 e. The highest BCUT2D eigenvalue weighted by Gasteiger charge is 2.31. The molecule has 0 atom stereocenters. The molecule has 0 aliphatic heterocycles. The molecule has 4 rings (SSSR count).